The topological polar surface area (TPSA) is 26.0 Å². The third-order valence-electron chi connectivity index (χ3n) is 4.33. The third-order valence-corrected chi connectivity index (χ3v) is 5.07. The summed E-state index contributed by atoms with van der Waals surface area (Å²) in [7, 11) is 0. The summed E-state index contributed by atoms with van der Waals surface area (Å²) in [6, 6.07) is 5.89. The summed E-state index contributed by atoms with van der Waals surface area (Å²) in [5.41, 5.74) is 7.80. The fourth-order valence-electron chi connectivity index (χ4n) is 3.61. The van der Waals surface area contributed by atoms with E-state index >= 15 is 0 Å². The Morgan fingerprint density at radius 1 is 1.30 bits per heavy atom. The van der Waals surface area contributed by atoms with Crippen molar-refractivity contribution < 1.29 is 0 Å². The Hall–Kier alpha value is -0.240. The lowest BCUT2D eigenvalue weighted by Crippen LogP contribution is -2.46. The molecule has 0 saturated heterocycles. The summed E-state index contributed by atoms with van der Waals surface area (Å²) in [5.74, 6) is 1.53. The second-order valence-electron chi connectivity index (χ2n) is 6.88. The van der Waals surface area contributed by atoms with Crippen molar-refractivity contribution in [2.45, 2.75) is 57.9 Å². The van der Waals surface area contributed by atoms with E-state index in [4.69, 9.17) is 28.9 Å². The van der Waals surface area contributed by atoms with E-state index in [1.807, 2.05) is 12.1 Å². The largest absolute Gasteiger partial charge is 0.325 e. The number of halogens is 2. The molecule has 2 atom stereocenters. The van der Waals surface area contributed by atoms with Gasteiger partial charge in [0.1, 0.15) is 0 Å². The van der Waals surface area contributed by atoms with Crippen LogP contribution in [-0.2, 0) is 6.42 Å². The molecule has 1 aliphatic carbocycles. The van der Waals surface area contributed by atoms with Crippen LogP contribution in [0.3, 0.4) is 0 Å². The van der Waals surface area contributed by atoms with Crippen LogP contribution in [0.4, 0.5) is 0 Å². The number of benzene rings is 1. The smallest absolute Gasteiger partial charge is 0.0595 e. The van der Waals surface area contributed by atoms with Gasteiger partial charge in [-0.25, -0.2) is 0 Å². The zero-order valence-electron chi connectivity index (χ0n) is 12.5. The molecule has 1 aromatic rings. The van der Waals surface area contributed by atoms with Gasteiger partial charge < -0.3 is 5.73 Å². The second-order valence-corrected chi connectivity index (χ2v) is 7.69. The molecule has 2 N–H and O–H groups in total. The van der Waals surface area contributed by atoms with E-state index in [9.17, 15) is 0 Å². The maximum absolute atomic E-state index is 6.67. The molecule has 112 valence electrons. The van der Waals surface area contributed by atoms with Crippen molar-refractivity contribution in [1.29, 1.82) is 0 Å². The van der Waals surface area contributed by atoms with Crippen molar-refractivity contribution in [3.63, 3.8) is 0 Å². The number of nitrogens with two attached hydrogens (primary N) is 1. The molecule has 1 aromatic carbocycles. The molecular formula is C17H25Cl2N. The standard InChI is InChI=1S/C17H25Cl2N/c1-12(2)8-13-4-3-7-17(20,10-13)11-14-5-6-15(18)16(19)9-14/h5-6,9,12-13H,3-4,7-8,10-11,20H2,1-2H3. The Morgan fingerprint density at radius 3 is 2.70 bits per heavy atom. The molecule has 0 spiro atoms. The summed E-state index contributed by atoms with van der Waals surface area (Å²) in [6.07, 6.45) is 7.01. The molecule has 1 aliphatic rings. The first-order valence-electron chi connectivity index (χ1n) is 7.61. The van der Waals surface area contributed by atoms with E-state index in [-0.39, 0.29) is 5.54 Å². The summed E-state index contributed by atoms with van der Waals surface area (Å²) in [4.78, 5) is 0. The number of rotatable bonds is 4. The molecule has 0 aliphatic heterocycles. The molecule has 0 heterocycles. The van der Waals surface area contributed by atoms with Gasteiger partial charge in [0, 0.05) is 5.54 Å². The molecule has 20 heavy (non-hydrogen) atoms. The van der Waals surface area contributed by atoms with Crippen LogP contribution in [0, 0.1) is 11.8 Å². The zero-order chi connectivity index (χ0) is 14.8. The molecule has 1 nitrogen and oxygen atoms in total. The van der Waals surface area contributed by atoms with Gasteiger partial charge in [-0.3, -0.25) is 0 Å². The van der Waals surface area contributed by atoms with E-state index in [1.165, 1.54) is 24.8 Å². The van der Waals surface area contributed by atoms with Crippen molar-refractivity contribution in [2.75, 3.05) is 0 Å². The third kappa shape index (κ3) is 4.38. The van der Waals surface area contributed by atoms with Crippen LogP contribution < -0.4 is 5.73 Å². The van der Waals surface area contributed by atoms with Gasteiger partial charge in [-0.2, -0.15) is 0 Å². The fraction of sp³-hybridized carbons (Fsp3) is 0.647. The first-order valence-corrected chi connectivity index (χ1v) is 8.36. The van der Waals surface area contributed by atoms with Gasteiger partial charge in [0.05, 0.1) is 10.0 Å². The van der Waals surface area contributed by atoms with Gasteiger partial charge in [-0.05, 0) is 55.2 Å². The van der Waals surface area contributed by atoms with E-state index in [2.05, 4.69) is 19.9 Å². The van der Waals surface area contributed by atoms with Gasteiger partial charge in [0.15, 0.2) is 0 Å². The second kappa shape index (κ2) is 6.68. The molecule has 0 amide bonds. The predicted molar refractivity (Wildman–Crippen MR) is 88.5 cm³/mol. The Kier molecular flexibility index (Phi) is 5.39. The molecule has 1 saturated carbocycles. The Balaban J connectivity index is 2.04. The van der Waals surface area contributed by atoms with Crippen molar-refractivity contribution in [1.82, 2.24) is 0 Å². The molecule has 2 unspecified atom stereocenters. The lowest BCUT2D eigenvalue weighted by Gasteiger charge is -2.39. The minimum atomic E-state index is -0.0744. The Morgan fingerprint density at radius 2 is 2.05 bits per heavy atom. The SMILES string of the molecule is CC(C)CC1CCCC(N)(Cc2ccc(Cl)c(Cl)c2)C1. The van der Waals surface area contributed by atoms with Gasteiger partial charge in [-0.1, -0.05) is 56.0 Å². The normalized spacial score (nSPS) is 27.0. The van der Waals surface area contributed by atoms with Crippen LogP contribution in [0.15, 0.2) is 18.2 Å². The molecule has 0 radical (unpaired) electrons. The Bertz CT molecular complexity index is 458. The highest BCUT2D eigenvalue weighted by Crippen LogP contribution is 2.37. The first-order chi connectivity index (χ1) is 9.38. The molecule has 1 fully saturated rings. The average molecular weight is 314 g/mol. The fourth-order valence-corrected chi connectivity index (χ4v) is 3.93. The average Bonchev–Trinajstić information content (AvgIpc) is 2.32. The molecule has 0 bridgehead atoms. The summed E-state index contributed by atoms with van der Waals surface area (Å²) in [5, 5.41) is 1.24. The first kappa shape index (κ1) is 16.1. The van der Waals surface area contributed by atoms with Crippen molar-refractivity contribution >= 4 is 23.2 Å². The molecule has 3 heteroatoms. The number of hydrogen-bond acceptors (Lipinski definition) is 1. The van der Waals surface area contributed by atoms with E-state index < -0.39 is 0 Å². The number of hydrogen-bond donors (Lipinski definition) is 1. The van der Waals surface area contributed by atoms with Gasteiger partial charge in [0.25, 0.3) is 0 Å². The van der Waals surface area contributed by atoms with Crippen LogP contribution in [0.1, 0.15) is 51.5 Å². The van der Waals surface area contributed by atoms with Crippen molar-refractivity contribution in [2.24, 2.45) is 17.6 Å². The Labute approximate surface area is 132 Å². The summed E-state index contributed by atoms with van der Waals surface area (Å²) >= 11 is 12.1. The lowest BCUT2D eigenvalue weighted by atomic mass is 9.71. The van der Waals surface area contributed by atoms with Crippen LogP contribution >= 0.6 is 23.2 Å². The minimum Gasteiger partial charge on any atom is -0.325 e. The van der Waals surface area contributed by atoms with E-state index in [0.29, 0.717) is 10.0 Å². The van der Waals surface area contributed by atoms with E-state index in [1.54, 1.807) is 0 Å². The highest BCUT2D eigenvalue weighted by atomic mass is 35.5. The molecule has 2 rings (SSSR count). The van der Waals surface area contributed by atoms with Crippen LogP contribution in [0.5, 0.6) is 0 Å². The highest BCUT2D eigenvalue weighted by molar-refractivity contribution is 6.42. The van der Waals surface area contributed by atoms with Gasteiger partial charge in [-0.15, -0.1) is 0 Å². The van der Waals surface area contributed by atoms with Crippen LogP contribution in [-0.4, -0.2) is 5.54 Å². The molecule has 0 aromatic heterocycles. The highest BCUT2D eigenvalue weighted by Gasteiger charge is 2.33. The monoisotopic (exact) mass is 313 g/mol. The summed E-state index contributed by atoms with van der Waals surface area (Å²) in [6.45, 7) is 4.59. The quantitative estimate of drug-likeness (QED) is 0.783. The summed E-state index contributed by atoms with van der Waals surface area (Å²) < 4.78 is 0. The van der Waals surface area contributed by atoms with Crippen molar-refractivity contribution in [3.05, 3.63) is 33.8 Å². The van der Waals surface area contributed by atoms with E-state index in [0.717, 1.165) is 31.1 Å². The molecular weight excluding hydrogens is 289 g/mol. The maximum atomic E-state index is 6.67. The van der Waals surface area contributed by atoms with Crippen molar-refractivity contribution in [3.8, 4) is 0 Å². The maximum Gasteiger partial charge on any atom is 0.0595 e. The van der Waals surface area contributed by atoms with Gasteiger partial charge >= 0.3 is 0 Å². The van der Waals surface area contributed by atoms with Gasteiger partial charge in [0.2, 0.25) is 0 Å². The van der Waals surface area contributed by atoms with Crippen LogP contribution in [0.25, 0.3) is 0 Å². The van der Waals surface area contributed by atoms with Crippen LogP contribution in [0.2, 0.25) is 10.0 Å². The minimum absolute atomic E-state index is 0.0744. The zero-order valence-corrected chi connectivity index (χ0v) is 14.0. The predicted octanol–water partition coefficient (Wildman–Crippen LogP) is 5.47. The lowest BCUT2D eigenvalue weighted by molar-refractivity contribution is 0.200.